The number of methoxy groups -OCH3 is 1. The number of rotatable bonds is 3. The van der Waals surface area contributed by atoms with Crippen LogP contribution in [0.15, 0.2) is 18.2 Å². The third-order valence-corrected chi connectivity index (χ3v) is 1.79. The van der Waals surface area contributed by atoms with Gasteiger partial charge in [-0.3, -0.25) is 4.79 Å². The molecule has 0 heterocycles. The molecule has 1 atom stereocenters. The van der Waals surface area contributed by atoms with Crippen molar-refractivity contribution in [3.63, 3.8) is 0 Å². The van der Waals surface area contributed by atoms with E-state index >= 15 is 0 Å². The summed E-state index contributed by atoms with van der Waals surface area (Å²) in [4.78, 5) is 10.6. The van der Waals surface area contributed by atoms with Crippen LogP contribution in [-0.2, 0) is 4.79 Å². The Morgan fingerprint density at radius 2 is 2.29 bits per heavy atom. The van der Waals surface area contributed by atoms with Gasteiger partial charge in [-0.1, -0.05) is 0 Å². The first-order valence-electron chi connectivity index (χ1n) is 3.88. The molecule has 76 valence electrons. The first kappa shape index (κ1) is 10.5. The molecule has 1 unspecified atom stereocenters. The van der Waals surface area contributed by atoms with E-state index in [4.69, 9.17) is 15.6 Å². The monoisotopic (exact) mass is 199 g/mol. The fourth-order valence-corrected chi connectivity index (χ4v) is 1.08. The molecule has 0 saturated carbocycles. The molecule has 1 aromatic carbocycles. The van der Waals surface area contributed by atoms with Gasteiger partial charge in [-0.25, -0.2) is 4.39 Å². The molecule has 0 fully saturated rings. The summed E-state index contributed by atoms with van der Waals surface area (Å²) >= 11 is 0. The summed E-state index contributed by atoms with van der Waals surface area (Å²) in [6, 6.07) is 2.29. The number of carboxylic acid groups (broad SMARTS) is 1. The summed E-state index contributed by atoms with van der Waals surface area (Å²) in [6.45, 7) is 0. The predicted molar refractivity (Wildman–Crippen MR) is 47.5 cm³/mol. The normalized spacial score (nSPS) is 12.2. The van der Waals surface area contributed by atoms with Crippen molar-refractivity contribution < 1.29 is 19.0 Å². The summed E-state index contributed by atoms with van der Waals surface area (Å²) in [7, 11) is 1.37. The second kappa shape index (κ2) is 4.06. The lowest BCUT2D eigenvalue weighted by molar-refractivity contribution is -0.138. The average molecular weight is 199 g/mol. The molecule has 0 bridgehead atoms. The van der Waals surface area contributed by atoms with Gasteiger partial charge in [-0.15, -0.1) is 0 Å². The summed E-state index contributed by atoms with van der Waals surface area (Å²) in [5, 5.41) is 8.64. The van der Waals surface area contributed by atoms with Crippen molar-refractivity contribution in [2.45, 2.75) is 6.04 Å². The van der Waals surface area contributed by atoms with E-state index in [1.807, 2.05) is 0 Å². The number of hydrogen-bond acceptors (Lipinski definition) is 3. The van der Waals surface area contributed by atoms with E-state index in [1.54, 1.807) is 0 Å². The smallest absolute Gasteiger partial charge is 0.325 e. The SMILES string of the molecule is COc1ccc(F)cc1C(N)C(=O)O. The average Bonchev–Trinajstić information content (AvgIpc) is 2.16. The minimum absolute atomic E-state index is 0.125. The second-order valence-electron chi connectivity index (χ2n) is 2.70. The van der Waals surface area contributed by atoms with Gasteiger partial charge in [-0.05, 0) is 18.2 Å². The number of carbonyl (C=O) groups is 1. The standard InChI is InChI=1S/C9H10FNO3/c1-14-7-3-2-5(10)4-6(7)8(11)9(12)13/h2-4,8H,11H2,1H3,(H,12,13). The van der Waals surface area contributed by atoms with E-state index < -0.39 is 17.8 Å². The molecular formula is C9H10FNO3. The van der Waals surface area contributed by atoms with Gasteiger partial charge < -0.3 is 15.6 Å². The number of hydrogen-bond donors (Lipinski definition) is 2. The Balaban J connectivity index is 3.16. The van der Waals surface area contributed by atoms with Gasteiger partial charge in [0.2, 0.25) is 0 Å². The summed E-state index contributed by atoms with van der Waals surface area (Å²) in [5.41, 5.74) is 5.46. The van der Waals surface area contributed by atoms with Gasteiger partial charge >= 0.3 is 5.97 Å². The summed E-state index contributed by atoms with van der Waals surface area (Å²) < 4.78 is 17.7. The highest BCUT2D eigenvalue weighted by Crippen LogP contribution is 2.24. The van der Waals surface area contributed by atoms with Gasteiger partial charge in [-0.2, -0.15) is 0 Å². The van der Waals surface area contributed by atoms with Crippen LogP contribution in [0.3, 0.4) is 0 Å². The number of carboxylic acids is 1. The number of ether oxygens (including phenoxy) is 1. The Morgan fingerprint density at radius 3 is 2.79 bits per heavy atom. The lowest BCUT2D eigenvalue weighted by Crippen LogP contribution is -2.21. The van der Waals surface area contributed by atoms with Crippen LogP contribution < -0.4 is 10.5 Å². The van der Waals surface area contributed by atoms with E-state index in [0.29, 0.717) is 0 Å². The van der Waals surface area contributed by atoms with Crippen molar-refractivity contribution in [3.8, 4) is 5.75 Å². The van der Waals surface area contributed by atoms with Crippen LogP contribution in [0.25, 0.3) is 0 Å². The molecule has 0 spiro atoms. The first-order chi connectivity index (χ1) is 6.56. The topological polar surface area (TPSA) is 72.5 Å². The summed E-state index contributed by atoms with van der Waals surface area (Å²) in [6.07, 6.45) is 0. The summed E-state index contributed by atoms with van der Waals surface area (Å²) in [5.74, 6) is -1.51. The van der Waals surface area contributed by atoms with Gasteiger partial charge in [0, 0.05) is 5.56 Å². The highest BCUT2D eigenvalue weighted by molar-refractivity contribution is 5.76. The van der Waals surface area contributed by atoms with Crippen molar-refractivity contribution >= 4 is 5.97 Å². The third kappa shape index (κ3) is 2.00. The molecule has 3 N–H and O–H groups in total. The number of nitrogens with two attached hydrogens (primary N) is 1. The maximum atomic E-state index is 12.8. The van der Waals surface area contributed by atoms with E-state index in [2.05, 4.69) is 0 Å². The molecule has 14 heavy (non-hydrogen) atoms. The number of aliphatic carboxylic acids is 1. The van der Waals surface area contributed by atoms with Gasteiger partial charge in [0.05, 0.1) is 7.11 Å². The largest absolute Gasteiger partial charge is 0.496 e. The van der Waals surface area contributed by atoms with Crippen LogP contribution in [-0.4, -0.2) is 18.2 Å². The highest BCUT2D eigenvalue weighted by atomic mass is 19.1. The highest BCUT2D eigenvalue weighted by Gasteiger charge is 2.19. The lowest BCUT2D eigenvalue weighted by atomic mass is 10.1. The Bertz CT molecular complexity index is 354. The minimum Gasteiger partial charge on any atom is -0.496 e. The van der Waals surface area contributed by atoms with Gasteiger partial charge in [0.15, 0.2) is 0 Å². The fraction of sp³-hybridized carbons (Fsp3) is 0.222. The molecule has 5 heteroatoms. The minimum atomic E-state index is -1.28. The molecule has 0 amide bonds. The molecule has 0 aliphatic heterocycles. The zero-order valence-corrected chi connectivity index (χ0v) is 7.53. The maximum absolute atomic E-state index is 12.8. The fourth-order valence-electron chi connectivity index (χ4n) is 1.08. The lowest BCUT2D eigenvalue weighted by Gasteiger charge is -2.11. The van der Waals surface area contributed by atoms with Gasteiger partial charge in [0.1, 0.15) is 17.6 Å². The molecule has 4 nitrogen and oxygen atoms in total. The number of benzene rings is 1. The van der Waals surface area contributed by atoms with Crippen molar-refractivity contribution in [3.05, 3.63) is 29.6 Å². The van der Waals surface area contributed by atoms with E-state index in [1.165, 1.54) is 19.2 Å². The van der Waals surface area contributed by atoms with Crippen LogP contribution in [0, 0.1) is 5.82 Å². The molecule has 1 rings (SSSR count). The van der Waals surface area contributed by atoms with Crippen molar-refractivity contribution in [1.82, 2.24) is 0 Å². The molecule has 0 saturated heterocycles. The third-order valence-electron chi connectivity index (χ3n) is 1.79. The van der Waals surface area contributed by atoms with Crippen LogP contribution >= 0.6 is 0 Å². The van der Waals surface area contributed by atoms with Crippen LogP contribution in [0.5, 0.6) is 5.75 Å². The quantitative estimate of drug-likeness (QED) is 0.759. The molecule has 0 aliphatic rings. The van der Waals surface area contributed by atoms with Gasteiger partial charge in [0.25, 0.3) is 0 Å². The van der Waals surface area contributed by atoms with E-state index in [0.717, 1.165) is 6.07 Å². The van der Waals surface area contributed by atoms with Crippen molar-refractivity contribution in [1.29, 1.82) is 0 Å². The zero-order valence-electron chi connectivity index (χ0n) is 7.53. The van der Waals surface area contributed by atoms with E-state index in [-0.39, 0.29) is 11.3 Å². The number of halogens is 1. The van der Waals surface area contributed by atoms with Crippen LogP contribution in [0.4, 0.5) is 4.39 Å². The molecule has 0 radical (unpaired) electrons. The Labute approximate surface area is 80.1 Å². The zero-order chi connectivity index (χ0) is 10.7. The Morgan fingerprint density at radius 1 is 1.64 bits per heavy atom. The van der Waals surface area contributed by atoms with E-state index in [9.17, 15) is 9.18 Å². The molecular weight excluding hydrogens is 189 g/mol. The predicted octanol–water partition coefficient (Wildman–Crippen LogP) is 0.919. The molecule has 0 aromatic heterocycles. The molecule has 0 aliphatic carbocycles. The van der Waals surface area contributed by atoms with Crippen LogP contribution in [0.1, 0.15) is 11.6 Å². The Kier molecular flexibility index (Phi) is 3.03. The first-order valence-corrected chi connectivity index (χ1v) is 3.88. The second-order valence-corrected chi connectivity index (χ2v) is 2.70. The molecule has 1 aromatic rings. The van der Waals surface area contributed by atoms with Crippen molar-refractivity contribution in [2.24, 2.45) is 5.73 Å². The maximum Gasteiger partial charge on any atom is 0.325 e. The van der Waals surface area contributed by atoms with Crippen molar-refractivity contribution in [2.75, 3.05) is 7.11 Å². The van der Waals surface area contributed by atoms with Crippen LogP contribution in [0.2, 0.25) is 0 Å². The Hall–Kier alpha value is -1.62.